The van der Waals surface area contributed by atoms with E-state index in [1.165, 1.54) is 5.56 Å². The molecule has 0 aliphatic rings. The van der Waals surface area contributed by atoms with E-state index in [-0.39, 0.29) is 5.91 Å². The van der Waals surface area contributed by atoms with Crippen LogP contribution in [0.2, 0.25) is 5.02 Å². The van der Waals surface area contributed by atoms with Gasteiger partial charge in [0.15, 0.2) is 0 Å². The number of amides is 1. The average molecular weight is 401 g/mol. The Morgan fingerprint density at radius 1 is 0.966 bits per heavy atom. The standard InChI is InChI=1S/C25H21ClN2O/c1-3-17-6-13-23-21(14-17)22(25(29)27-20-11-4-16(2)5-12-20)15-24(28-23)18-7-9-19(26)10-8-18/h4-15H,3H2,1-2H3,(H,27,29). The molecule has 4 aromatic rings. The molecule has 1 amide bonds. The summed E-state index contributed by atoms with van der Waals surface area (Å²) >= 11 is 6.03. The zero-order valence-corrected chi connectivity index (χ0v) is 17.1. The lowest BCUT2D eigenvalue weighted by atomic mass is 10.0. The van der Waals surface area contributed by atoms with Crippen molar-refractivity contribution in [2.45, 2.75) is 20.3 Å². The van der Waals surface area contributed by atoms with Crippen molar-refractivity contribution < 1.29 is 4.79 Å². The Labute approximate surface area is 175 Å². The highest BCUT2D eigenvalue weighted by atomic mass is 35.5. The molecule has 4 rings (SSSR count). The molecule has 0 bridgehead atoms. The molecule has 144 valence electrons. The van der Waals surface area contributed by atoms with Gasteiger partial charge in [0, 0.05) is 21.7 Å². The van der Waals surface area contributed by atoms with E-state index in [0.29, 0.717) is 10.6 Å². The molecular formula is C25H21ClN2O. The van der Waals surface area contributed by atoms with Gasteiger partial charge < -0.3 is 5.32 Å². The highest BCUT2D eigenvalue weighted by Crippen LogP contribution is 2.27. The third-order valence-electron chi connectivity index (χ3n) is 4.98. The Bertz CT molecular complexity index is 1180. The third kappa shape index (κ3) is 4.15. The number of rotatable bonds is 4. The molecule has 3 aromatic carbocycles. The van der Waals surface area contributed by atoms with Crippen molar-refractivity contribution in [3.8, 4) is 11.3 Å². The van der Waals surface area contributed by atoms with Crippen LogP contribution in [0.3, 0.4) is 0 Å². The van der Waals surface area contributed by atoms with Crippen LogP contribution in [0, 0.1) is 6.92 Å². The van der Waals surface area contributed by atoms with Crippen molar-refractivity contribution in [1.82, 2.24) is 4.98 Å². The average Bonchev–Trinajstić information content (AvgIpc) is 2.74. The molecular weight excluding hydrogens is 380 g/mol. The summed E-state index contributed by atoms with van der Waals surface area (Å²) in [6.45, 7) is 4.12. The molecule has 4 heteroatoms. The quantitative estimate of drug-likeness (QED) is 0.415. The number of benzene rings is 3. The number of aromatic nitrogens is 1. The summed E-state index contributed by atoms with van der Waals surface area (Å²) in [6, 6.07) is 23.2. The number of carbonyl (C=O) groups excluding carboxylic acids is 1. The number of fused-ring (bicyclic) bond motifs is 1. The smallest absolute Gasteiger partial charge is 0.256 e. The first kappa shape index (κ1) is 19.2. The number of anilines is 1. The van der Waals surface area contributed by atoms with Gasteiger partial charge in [0.25, 0.3) is 5.91 Å². The van der Waals surface area contributed by atoms with Gasteiger partial charge in [-0.15, -0.1) is 0 Å². The van der Waals surface area contributed by atoms with Crippen molar-refractivity contribution in [3.63, 3.8) is 0 Å². The summed E-state index contributed by atoms with van der Waals surface area (Å²) in [5.41, 5.74) is 6.15. The monoisotopic (exact) mass is 400 g/mol. The van der Waals surface area contributed by atoms with Gasteiger partial charge in [-0.25, -0.2) is 4.98 Å². The predicted octanol–water partition coefficient (Wildman–Crippen LogP) is 6.68. The molecule has 1 heterocycles. The first-order chi connectivity index (χ1) is 14.0. The summed E-state index contributed by atoms with van der Waals surface area (Å²) in [4.78, 5) is 18.0. The minimum atomic E-state index is -0.148. The lowest BCUT2D eigenvalue weighted by Crippen LogP contribution is -2.13. The van der Waals surface area contributed by atoms with Crippen LogP contribution in [0.1, 0.15) is 28.4 Å². The lowest BCUT2D eigenvalue weighted by molar-refractivity contribution is 0.102. The van der Waals surface area contributed by atoms with Crippen LogP contribution in [0.15, 0.2) is 72.8 Å². The number of hydrogen-bond donors (Lipinski definition) is 1. The lowest BCUT2D eigenvalue weighted by Gasteiger charge is -2.12. The maximum Gasteiger partial charge on any atom is 0.256 e. The zero-order valence-electron chi connectivity index (χ0n) is 16.4. The SMILES string of the molecule is CCc1ccc2nc(-c3ccc(Cl)cc3)cc(C(=O)Nc3ccc(C)cc3)c2c1. The molecule has 29 heavy (non-hydrogen) atoms. The fourth-order valence-corrected chi connectivity index (χ4v) is 3.41. The zero-order chi connectivity index (χ0) is 20.4. The van der Waals surface area contributed by atoms with Crippen molar-refractivity contribution in [2.24, 2.45) is 0 Å². The van der Waals surface area contributed by atoms with E-state index < -0.39 is 0 Å². The molecule has 1 N–H and O–H groups in total. The van der Waals surface area contributed by atoms with E-state index in [2.05, 4.69) is 24.4 Å². The molecule has 0 unspecified atom stereocenters. The number of halogens is 1. The van der Waals surface area contributed by atoms with E-state index in [4.69, 9.17) is 16.6 Å². The van der Waals surface area contributed by atoms with Crippen molar-refractivity contribution in [2.75, 3.05) is 5.32 Å². The van der Waals surface area contributed by atoms with Crippen LogP contribution < -0.4 is 5.32 Å². The molecule has 0 aliphatic heterocycles. The van der Waals surface area contributed by atoms with Gasteiger partial charge in [0.1, 0.15) is 0 Å². The number of nitrogens with one attached hydrogen (secondary N) is 1. The Morgan fingerprint density at radius 2 is 1.69 bits per heavy atom. The first-order valence-corrected chi connectivity index (χ1v) is 9.99. The number of hydrogen-bond acceptors (Lipinski definition) is 2. The largest absolute Gasteiger partial charge is 0.322 e. The van der Waals surface area contributed by atoms with Crippen LogP contribution >= 0.6 is 11.6 Å². The van der Waals surface area contributed by atoms with Crippen molar-refractivity contribution >= 4 is 34.1 Å². The molecule has 0 radical (unpaired) electrons. The molecule has 1 aromatic heterocycles. The van der Waals surface area contributed by atoms with Crippen LogP contribution in [0.4, 0.5) is 5.69 Å². The van der Waals surface area contributed by atoms with Crippen LogP contribution in [0.25, 0.3) is 22.2 Å². The second kappa shape index (κ2) is 8.06. The van der Waals surface area contributed by atoms with Gasteiger partial charge in [-0.2, -0.15) is 0 Å². The maximum absolute atomic E-state index is 13.2. The summed E-state index contributed by atoms with van der Waals surface area (Å²) < 4.78 is 0. The second-order valence-electron chi connectivity index (χ2n) is 7.09. The molecule has 0 saturated heterocycles. The summed E-state index contributed by atoms with van der Waals surface area (Å²) in [7, 11) is 0. The Morgan fingerprint density at radius 3 is 2.38 bits per heavy atom. The molecule has 0 aliphatic carbocycles. The number of nitrogens with zero attached hydrogens (tertiary/aromatic N) is 1. The van der Waals surface area contributed by atoms with Crippen LogP contribution in [-0.4, -0.2) is 10.9 Å². The van der Waals surface area contributed by atoms with E-state index in [1.807, 2.05) is 67.6 Å². The minimum absolute atomic E-state index is 0.148. The molecule has 3 nitrogen and oxygen atoms in total. The summed E-state index contributed by atoms with van der Waals surface area (Å²) in [5.74, 6) is -0.148. The summed E-state index contributed by atoms with van der Waals surface area (Å²) in [6.07, 6.45) is 0.897. The first-order valence-electron chi connectivity index (χ1n) is 9.61. The van der Waals surface area contributed by atoms with Gasteiger partial charge >= 0.3 is 0 Å². The van der Waals surface area contributed by atoms with Gasteiger partial charge in [-0.05, 0) is 61.4 Å². The van der Waals surface area contributed by atoms with Gasteiger partial charge in [-0.3, -0.25) is 4.79 Å². The highest BCUT2D eigenvalue weighted by Gasteiger charge is 2.15. The van der Waals surface area contributed by atoms with E-state index in [0.717, 1.165) is 39.8 Å². The maximum atomic E-state index is 13.2. The minimum Gasteiger partial charge on any atom is -0.322 e. The van der Waals surface area contributed by atoms with Gasteiger partial charge in [0.2, 0.25) is 0 Å². The number of carbonyl (C=O) groups is 1. The molecule has 0 spiro atoms. The van der Waals surface area contributed by atoms with Crippen molar-refractivity contribution in [3.05, 3.63) is 94.5 Å². The predicted molar refractivity (Wildman–Crippen MR) is 121 cm³/mol. The van der Waals surface area contributed by atoms with Gasteiger partial charge in [0.05, 0.1) is 16.8 Å². The Hall–Kier alpha value is -3.17. The molecule has 0 fully saturated rings. The molecule has 0 saturated carbocycles. The fraction of sp³-hybridized carbons (Fsp3) is 0.120. The van der Waals surface area contributed by atoms with Crippen LogP contribution in [-0.2, 0) is 6.42 Å². The topological polar surface area (TPSA) is 42.0 Å². The number of pyridine rings is 1. The molecule has 0 atom stereocenters. The Balaban J connectivity index is 1.83. The normalized spacial score (nSPS) is 10.9. The number of aryl methyl sites for hydroxylation is 2. The van der Waals surface area contributed by atoms with E-state index >= 15 is 0 Å². The van der Waals surface area contributed by atoms with Gasteiger partial charge in [-0.1, -0.05) is 54.4 Å². The van der Waals surface area contributed by atoms with Crippen LogP contribution in [0.5, 0.6) is 0 Å². The highest BCUT2D eigenvalue weighted by molar-refractivity contribution is 6.30. The summed E-state index contributed by atoms with van der Waals surface area (Å²) in [5, 5.41) is 4.53. The van der Waals surface area contributed by atoms with E-state index in [1.54, 1.807) is 0 Å². The Kier molecular flexibility index (Phi) is 5.32. The van der Waals surface area contributed by atoms with Crippen molar-refractivity contribution in [1.29, 1.82) is 0 Å². The third-order valence-corrected chi connectivity index (χ3v) is 5.23. The van der Waals surface area contributed by atoms with E-state index in [9.17, 15) is 4.79 Å². The fourth-order valence-electron chi connectivity index (χ4n) is 3.28. The second-order valence-corrected chi connectivity index (χ2v) is 7.52.